The summed E-state index contributed by atoms with van der Waals surface area (Å²) in [5.41, 5.74) is 5.10. The van der Waals surface area contributed by atoms with E-state index >= 15 is 0 Å². The fourth-order valence-corrected chi connectivity index (χ4v) is 8.69. The first-order valence-electron chi connectivity index (χ1n) is 21.4. The normalized spacial score (nSPS) is 18.2. The summed E-state index contributed by atoms with van der Waals surface area (Å²) >= 11 is 5.01. The molecule has 340 valence electrons. The van der Waals surface area contributed by atoms with Crippen molar-refractivity contribution in [3.8, 4) is 10.4 Å². The van der Waals surface area contributed by atoms with Crippen LogP contribution in [0.4, 0.5) is 0 Å². The molecule has 2 aliphatic heterocycles. The molecule has 0 saturated carbocycles. The van der Waals surface area contributed by atoms with Crippen molar-refractivity contribution in [3.63, 3.8) is 0 Å². The lowest BCUT2D eigenvalue weighted by molar-refractivity contribution is -0.144. The number of nitrogens with one attached hydrogen (secondary N) is 2. The number of aryl methyl sites for hydroxylation is 1. The molecule has 2 aliphatic rings. The summed E-state index contributed by atoms with van der Waals surface area (Å²) in [6, 6.07) is 13.8. The van der Waals surface area contributed by atoms with Gasteiger partial charge in [-0.3, -0.25) is 19.2 Å². The molecule has 18 heteroatoms. The maximum Gasteiger partial charge on any atom is 0.246 e. The topological polar surface area (TPSA) is 199 Å². The third kappa shape index (κ3) is 13.7. The molecule has 2 fully saturated rings. The number of amides is 4. The summed E-state index contributed by atoms with van der Waals surface area (Å²) in [5.74, 6) is -0.142. The number of β-amino-alcohol motifs (C(OH)–C–C–N with tert-alkyl or cyclic N) is 1. The monoisotopic (exact) mass is 951 g/mol. The third-order valence-electron chi connectivity index (χ3n) is 11.0. The Morgan fingerprint density at radius 3 is 2.27 bits per heavy atom. The zero-order valence-electron chi connectivity index (χ0n) is 36.3. The van der Waals surface area contributed by atoms with Gasteiger partial charge in [0.25, 0.3) is 0 Å². The van der Waals surface area contributed by atoms with Crippen LogP contribution in [0.25, 0.3) is 10.4 Å². The fourth-order valence-electron chi connectivity index (χ4n) is 7.61. The van der Waals surface area contributed by atoms with Gasteiger partial charge in [-0.1, -0.05) is 78.3 Å². The number of aromatic nitrogens is 3. The second-order valence-corrected chi connectivity index (χ2v) is 18.6. The highest BCUT2D eigenvalue weighted by molar-refractivity contribution is 9.10. The lowest BCUT2D eigenvalue weighted by Gasteiger charge is -2.35. The van der Waals surface area contributed by atoms with Gasteiger partial charge < -0.3 is 44.3 Å². The van der Waals surface area contributed by atoms with Crippen molar-refractivity contribution in [1.29, 1.82) is 0 Å². The highest BCUT2D eigenvalue weighted by Gasteiger charge is 2.44. The number of halogens is 1. The Bertz CT molecular complexity index is 2130. The second kappa shape index (κ2) is 22.9. The molecule has 0 bridgehead atoms. The van der Waals surface area contributed by atoms with E-state index in [4.69, 9.17) is 18.7 Å². The Hall–Kier alpha value is -4.59. The van der Waals surface area contributed by atoms with Crippen LogP contribution >= 0.6 is 27.3 Å². The molecule has 4 amide bonds. The third-order valence-corrected chi connectivity index (χ3v) is 12.5. The van der Waals surface area contributed by atoms with Gasteiger partial charge >= 0.3 is 0 Å². The summed E-state index contributed by atoms with van der Waals surface area (Å²) < 4.78 is 23.3. The highest BCUT2D eigenvalue weighted by Crippen LogP contribution is 2.32. The summed E-state index contributed by atoms with van der Waals surface area (Å²) in [6.07, 6.45) is 1.65. The van der Waals surface area contributed by atoms with E-state index < -0.39 is 29.5 Å². The van der Waals surface area contributed by atoms with Gasteiger partial charge in [0.15, 0.2) is 5.82 Å². The van der Waals surface area contributed by atoms with Crippen LogP contribution in [0.2, 0.25) is 0 Å². The van der Waals surface area contributed by atoms with Gasteiger partial charge in [-0.2, -0.15) is 4.98 Å². The average molecular weight is 953 g/mol. The number of rotatable bonds is 21. The molecule has 0 aliphatic carbocycles. The van der Waals surface area contributed by atoms with E-state index in [9.17, 15) is 24.3 Å². The molecule has 0 radical (unpaired) electrons. The fraction of sp³-hybridized carbons (Fsp3) is 0.533. The van der Waals surface area contributed by atoms with Crippen molar-refractivity contribution in [2.24, 2.45) is 5.41 Å². The summed E-state index contributed by atoms with van der Waals surface area (Å²) in [6.45, 7) is 9.91. The molecular weight excluding hydrogens is 895 g/mol. The Kier molecular flexibility index (Phi) is 17.4. The number of likely N-dealkylation sites (tertiary alicyclic amines) is 2. The summed E-state index contributed by atoms with van der Waals surface area (Å²) in [4.78, 5) is 66.5. The summed E-state index contributed by atoms with van der Waals surface area (Å²) in [5, 5.41) is 20.5. The molecule has 4 heterocycles. The zero-order chi connectivity index (χ0) is 44.9. The van der Waals surface area contributed by atoms with Gasteiger partial charge in [0, 0.05) is 36.9 Å². The van der Waals surface area contributed by atoms with Crippen molar-refractivity contribution in [1.82, 2.24) is 35.6 Å². The Labute approximate surface area is 380 Å². The van der Waals surface area contributed by atoms with Crippen LogP contribution in [0.3, 0.4) is 0 Å². The maximum absolute atomic E-state index is 13.9. The molecular formula is C45H58BrN7O9S. The van der Waals surface area contributed by atoms with Crippen LogP contribution in [0.1, 0.15) is 87.5 Å². The molecule has 2 aromatic heterocycles. The van der Waals surface area contributed by atoms with Gasteiger partial charge in [0.05, 0.1) is 80.7 Å². The lowest BCUT2D eigenvalue weighted by Crippen LogP contribution is -2.57. The van der Waals surface area contributed by atoms with E-state index in [1.807, 2.05) is 81.7 Å². The molecule has 2 saturated heterocycles. The Morgan fingerprint density at radius 1 is 0.937 bits per heavy atom. The predicted molar refractivity (Wildman–Crippen MR) is 238 cm³/mol. The van der Waals surface area contributed by atoms with Crippen LogP contribution in [0, 0.1) is 12.3 Å². The van der Waals surface area contributed by atoms with Crippen molar-refractivity contribution in [2.75, 3.05) is 52.7 Å². The molecule has 16 nitrogen and oxygen atoms in total. The quantitative estimate of drug-likeness (QED) is 0.0930. The average Bonchev–Trinajstić information content (AvgIpc) is 4.09. The Morgan fingerprint density at radius 2 is 1.60 bits per heavy atom. The van der Waals surface area contributed by atoms with Crippen molar-refractivity contribution >= 4 is 50.9 Å². The minimum Gasteiger partial charge on any atom is -0.391 e. The van der Waals surface area contributed by atoms with E-state index in [0.717, 1.165) is 44.6 Å². The van der Waals surface area contributed by atoms with Crippen LogP contribution in [0.15, 0.2) is 63.0 Å². The molecule has 6 rings (SSSR count). The van der Waals surface area contributed by atoms with Gasteiger partial charge in [-0.25, -0.2) is 4.98 Å². The lowest BCUT2D eigenvalue weighted by atomic mass is 9.85. The minimum absolute atomic E-state index is 0.00798. The minimum atomic E-state index is -0.934. The van der Waals surface area contributed by atoms with E-state index in [0.29, 0.717) is 37.9 Å². The maximum atomic E-state index is 13.9. The first kappa shape index (κ1) is 47.9. The van der Waals surface area contributed by atoms with Crippen LogP contribution in [-0.4, -0.2) is 125 Å². The van der Waals surface area contributed by atoms with E-state index in [1.54, 1.807) is 16.2 Å². The first-order chi connectivity index (χ1) is 30.3. The molecule has 1 unspecified atom stereocenters. The Balaban J connectivity index is 0.835. The number of aliphatic hydroxyl groups is 1. The van der Waals surface area contributed by atoms with Gasteiger partial charge in [0.2, 0.25) is 29.5 Å². The van der Waals surface area contributed by atoms with Crippen LogP contribution in [-0.2, 0) is 46.4 Å². The van der Waals surface area contributed by atoms with Crippen LogP contribution in [0.5, 0.6) is 0 Å². The van der Waals surface area contributed by atoms with Crippen molar-refractivity contribution in [2.45, 2.75) is 97.0 Å². The highest BCUT2D eigenvalue weighted by atomic mass is 79.9. The van der Waals surface area contributed by atoms with E-state index in [2.05, 4.69) is 41.7 Å². The standard InChI is InChI=1S/C45H58BrN7O9S/c1-29-40(63-28-48-29)32-11-7-31(8-12-32)26-47-43(57)36-25-34(54)27-53(36)44(58)41(45(2,3)4)49-37(55)15-18-59-20-22-61-23-21-60-19-16-39(56)52-17-5-6-35(52)42-50-38(62-51-42)24-30-9-13-33(46)14-10-30/h7-14,28,34-36,41,54H,5-6,15-27H2,1-4H3,(H,47,57)(H,49,55)/t34-,35?,36+,41-/m1/s1. The molecule has 4 atom stereocenters. The second-order valence-electron chi connectivity index (χ2n) is 16.9. The zero-order valence-corrected chi connectivity index (χ0v) is 38.8. The van der Waals surface area contributed by atoms with Gasteiger partial charge in [-0.15, -0.1) is 11.3 Å². The van der Waals surface area contributed by atoms with E-state index in [1.165, 1.54) is 4.90 Å². The number of ether oxygens (including phenoxy) is 3. The smallest absolute Gasteiger partial charge is 0.246 e. The van der Waals surface area contributed by atoms with Gasteiger partial charge in [0.1, 0.15) is 12.1 Å². The number of hydrogen-bond acceptors (Lipinski definition) is 13. The number of carbonyl (C=O) groups excluding carboxylic acids is 4. The first-order valence-corrected chi connectivity index (χ1v) is 23.1. The number of carbonyl (C=O) groups is 4. The number of thiazole rings is 1. The summed E-state index contributed by atoms with van der Waals surface area (Å²) in [7, 11) is 0. The number of aliphatic hydroxyl groups excluding tert-OH is 1. The molecule has 3 N–H and O–H groups in total. The van der Waals surface area contributed by atoms with Crippen molar-refractivity contribution < 1.29 is 43.0 Å². The molecule has 0 spiro atoms. The molecule has 63 heavy (non-hydrogen) atoms. The molecule has 4 aromatic rings. The van der Waals surface area contributed by atoms with Gasteiger partial charge in [-0.05, 0) is 54.0 Å². The predicted octanol–water partition coefficient (Wildman–Crippen LogP) is 5.16. The number of benzene rings is 2. The van der Waals surface area contributed by atoms with Crippen LogP contribution < -0.4 is 10.6 Å². The number of hydrogen-bond donors (Lipinski definition) is 3. The number of nitrogens with zero attached hydrogens (tertiary/aromatic N) is 5. The SMILES string of the molecule is Cc1ncsc1-c1ccc(CNC(=O)[C@@H]2C[C@@H](O)CN2C(=O)[C@@H](NC(=O)CCOCCOCCOCCC(=O)N2CCCC2c2noc(Cc3ccc(Br)cc3)n2)C(C)(C)C)cc1. The van der Waals surface area contributed by atoms with Crippen molar-refractivity contribution in [3.05, 3.63) is 87.1 Å². The molecule has 2 aromatic carbocycles. The van der Waals surface area contributed by atoms with E-state index in [-0.39, 0.29) is 82.5 Å². The largest absolute Gasteiger partial charge is 0.391 e.